The summed E-state index contributed by atoms with van der Waals surface area (Å²) in [6, 6.07) is 12.5. The number of aromatic nitrogens is 1. The lowest BCUT2D eigenvalue weighted by molar-refractivity contribution is -0.384. The number of nitrogens with zero attached hydrogens (tertiary/aromatic N) is 2. The van der Waals surface area contributed by atoms with E-state index in [2.05, 4.69) is 10.3 Å². The number of hydrogen-bond donors (Lipinski definition) is 1. The Bertz CT molecular complexity index is 896. The first-order chi connectivity index (χ1) is 12.1. The molecule has 1 amide bonds. The normalized spacial score (nSPS) is 10.2. The average molecular weight is 355 g/mol. The summed E-state index contributed by atoms with van der Waals surface area (Å²) in [7, 11) is 0. The van der Waals surface area contributed by atoms with Crippen LogP contribution in [0.5, 0.6) is 5.75 Å². The van der Waals surface area contributed by atoms with Gasteiger partial charge in [-0.15, -0.1) is 11.3 Å². The van der Waals surface area contributed by atoms with E-state index in [-0.39, 0.29) is 17.9 Å². The Morgan fingerprint density at radius 3 is 2.84 bits per heavy atom. The molecule has 126 valence electrons. The molecule has 0 radical (unpaired) electrons. The van der Waals surface area contributed by atoms with Gasteiger partial charge in [0, 0.05) is 23.1 Å². The van der Waals surface area contributed by atoms with Crippen LogP contribution < -0.4 is 10.1 Å². The first-order valence-corrected chi connectivity index (χ1v) is 8.22. The van der Waals surface area contributed by atoms with Gasteiger partial charge >= 0.3 is 0 Å². The van der Waals surface area contributed by atoms with E-state index in [0.29, 0.717) is 11.4 Å². The number of carbonyl (C=O) groups is 1. The number of nitrogens with one attached hydrogen (secondary N) is 1. The molecule has 2 aromatic carbocycles. The van der Waals surface area contributed by atoms with Crippen molar-refractivity contribution in [3.8, 4) is 5.75 Å². The summed E-state index contributed by atoms with van der Waals surface area (Å²) in [4.78, 5) is 26.8. The zero-order chi connectivity index (χ0) is 17.6. The second kappa shape index (κ2) is 7.54. The molecule has 1 aromatic heterocycles. The Labute approximate surface area is 147 Å². The molecular weight excluding hydrogens is 342 g/mol. The fourth-order valence-corrected chi connectivity index (χ4v) is 2.65. The quantitative estimate of drug-likeness (QED) is 0.535. The third kappa shape index (κ3) is 4.18. The highest BCUT2D eigenvalue weighted by Crippen LogP contribution is 2.25. The Balaban J connectivity index is 1.75. The largest absolute Gasteiger partial charge is 0.485 e. The molecule has 25 heavy (non-hydrogen) atoms. The number of carbonyl (C=O) groups excluding carboxylic acids is 1. The molecule has 7 nitrogen and oxygen atoms in total. The van der Waals surface area contributed by atoms with E-state index in [1.54, 1.807) is 29.8 Å². The van der Waals surface area contributed by atoms with E-state index in [9.17, 15) is 14.9 Å². The third-order valence-corrected chi connectivity index (χ3v) is 3.95. The molecule has 3 rings (SSSR count). The van der Waals surface area contributed by atoms with Crippen molar-refractivity contribution < 1.29 is 14.5 Å². The van der Waals surface area contributed by atoms with Gasteiger partial charge in [-0.2, -0.15) is 0 Å². The summed E-state index contributed by atoms with van der Waals surface area (Å²) >= 11 is 1.47. The van der Waals surface area contributed by atoms with Crippen molar-refractivity contribution in [2.45, 2.75) is 6.61 Å². The molecule has 0 aliphatic heterocycles. The van der Waals surface area contributed by atoms with Gasteiger partial charge in [0.1, 0.15) is 12.4 Å². The second-order valence-electron chi connectivity index (χ2n) is 5.03. The van der Waals surface area contributed by atoms with E-state index in [1.807, 2.05) is 5.38 Å². The summed E-state index contributed by atoms with van der Waals surface area (Å²) in [5, 5.41) is 15.4. The Hall–Kier alpha value is -3.26. The first kappa shape index (κ1) is 16.6. The van der Waals surface area contributed by atoms with Crippen molar-refractivity contribution in [1.82, 2.24) is 4.98 Å². The molecule has 3 aromatic rings. The predicted octanol–water partition coefficient (Wildman–Crippen LogP) is 3.88. The van der Waals surface area contributed by atoms with Gasteiger partial charge in [0.25, 0.3) is 11.6 Å². The molecule has 0 aliphatic rings. The molecule has 0 saturated heterocycles. The smallest absolute Gasteiger partial charge is 0.270 e. The summed E-state index contributed by atoms with van der Waals surface area (Å²) in [6.07, 6.45) is 0. The van der Waals surface area contributed by atoms with Crippen molar-refractivity contribution in [2.24, 2.45) is 0 Å². The monoisotopic (exact) mass is 355 g/mol. The molecular formula is C17H13N3O4S. The number of thiazole rings is 1. The zero-order valence-corrected chi connectivity index (χ0v) is 13.7. The van der Waals surface area contributed by atoms with Crippen LogP contribution in [-0.4, -0.2) is 15.8 Å². The second-order valence-corrected chi connectivity index (χ2v) is 5.74. The summed E-state index contributed by atoms with van der Waals surface area (Å²) < 4.78 is 5.70. The maximum absolute atomic E-state index is 12.4. The topological polar surface area (TPSA) is 94.4 Å². The van der Waals surface area contributed by atoms with Crippen molar-refractivity contribution in [2.75, 3.05) is 5.32 Å². The number of rotatable bonds is 6. The number of hydrogen-bond acceptors (Lipinski definition) is 6. The summed E-state index contributed by atoms with van der Waals surface area (Å²) in [5.41, 5.74) is 3.05. The van der Waals surface area contributed by atoms with E-state index >= 15 is 0 Å². The molecule has 0 aliphatic carbocycles. The number of para-hydroxylation sites is 2. The van der Waals surface area contributed by atoms with Crippen molar-refractivity contribution in [3.63, 3.8) is 0 Å². The van der Waals surface area contributed by atoms with Crippen molar-refractivity contribution in [1.29, 1.82) is 0 Å². The fraction of sp³-hybridized carbons (Fsp3) is 0.0588. The van der Waals surface area contributed by atoms with Crippen LogP contribution in [0.25, 0.3) is 0 Å². The molecule has 0 atom stereocenters. The van der Waals surface area contributed by atoms with Gasteiger partial charge in [-0.05, 0) is 18.2 Å². The standard InChI is InChI=1S/C17H13N3O4S/c21-17(12-4-3-5-14(8-12)20(22)23)19-15-6-1-2-7-16(15)24-9-13-10-25-11-18-13/h1-8,10-11H,9H2,(H,19,21). The van der Waals surface area contributed by atoms with Gasteiger partial charge in [-0.1, -0.05) is 18.2 Å². The van der Waals surface area contributed by atoms with E-state index in [0.717, 1.165) is 5.69 Å². The number of amides is 1. The van der Waals surface area contributed by atoms with Gasteiger partial charge in [-0.3, -0.25) is 14.9 Å². The Kier molecular flexibility index (Phi) is 5.00. The van der Waals surface area contributed by atoms with Crippen molar-refractivity contribution in [3.05, 3.63) is 80.8 Å². The molecule has 0 bridgehead atoms. The SMILES string of the molecule is O=C(Nc1ccccc1OCc1cscn1)c1cccc([N+](=O)[O-])c1. The van der Waals surface area contributed by atoms with Gasteiger partial charge in [0.05, 0.1) is 21.8 Å². The van der Waals surface area contributed by atoms with Crippen LogP contribution in [0.4, 0.5) is 11.4 Å². The van der Waals surface area contributed by atoms with Crippen LogP contribution >= 0.6 is 11.3 Å². The highest BCUT2D eigenvalue weighted by atomic mass is 32.1. The molecule has 1 N–H and O–H groups in total. The lowest BCUT2D eigenvalue weighted by atomic mass is 10.2. The fourth-order valence-electron chi connectivity index (χ4n) is 2.11. The number of anilines is 1. The van der Waals surface area contributed by atoms with Gasteiger partial charge in [0.2, 0.25) is 0 Å². The van der Waals surface area contributed by atoms with Gasteiger partial charge in [0.15, 0.2) is 0 Å². The van der Waals surface area contributed by atoms with Crippen LogP contribution in [0.2, 0.25) is 0 Å². The lowest BCUT2D eigenvalue weighted by Crippen LogP contribution is -2.13. The van der Waals surface area contributed by atoms with Crippen LogP contribution in [0, 0.1) is 10.1 Å². The van der Waals surface area contributed by atoms with E-state index < -0.39 is 10.8 Å². The van der Waals surface area contributed by atoms with Gasteiger partial charge < -0.3 is 10.1 Å². The zero-order valence-electron chi connectivity index (χ0n) is 12.9. The average Bonchev–Trinajstić information content (AvgIpc) is 3.14. The minimum Gasteiger partial charge on any atom is -0.485 e. The van der Waals surface area contributed by atoms with Gasteiger partial charge in [-0.25, -0.2) is 4.98 Å². The van der Waals surface area contributed by atoms with Crippen molar-refractivity contribution >= 4 is 28.6 Å². The molecule has 0 spiro atoms. The van der Waals surface area contributed by atoms with E-state index in [1.165, 1.54) is 35.6 Å². The van der Waals surface area contributed by atoms with Crippen LogP contribution in [0.15, 0.2) is 59.4 Å². The first-order valence-electron chi connectivity index (χ1n) is 7.28. The molecule has 0 fully saturated rings. The molecule has 0 unspecified atom stereocenters. The predicted molar refractivity (Wildman–Crippen MR) is 93.9 cm³/mol. The lowest BCUT2D eigenvalue weighted by Gasteiger charge is -2.11. The maximum Gasteiger partial charge on any atom is 0.270 e. The minimum atomic E-state index is -0.540. The highest BCUT2D eigenvalue weighted by molar-refractivity contribution is 7.07. The number of non-ortho nitro benzene ring substituents is 1. The van der Waals surface area contributed by atoms with Crippen LogP contribution in [0.3, 0.4) is 0 Å². The molecule has 8 heteroatoms. The summed E-state index contributed by atoms with van der Waals surface area (Å²) in [6.45, 7) is 0.285. The Morgan fingerprint density at radius 2 is 2.08 bits per heavy atom. The maximum atomic E-state index is 12.4. The third-order valence-electron chi connectivity index (χ3n) is 3.31. The number of ether oxygens (including phenoxy) is 1. The Morgan fingerprint density at radius 1 is 1.24 bits per heavy atom. The van der Waals surface area contributed by atoms with E-state index in [4.69, 9.17) is 4.74 Å². The number of nitro benzene ring substituents is 1. The molecule has 1 heterocycles. The number of nitro groups is 1. The molecule has 0 saturated carbocycles. The van der Waals surface area contributed by atoms with Crippen LogP contribution in [-0.2, 0) is 6.61 Å². The highest BCUT2D eigenvalue weighted by Gasteiger charge is 2.13. The minimum absolute atomic E-state index is 0.138. The van der Waals surface area contributed by atoms with Crippen LogP contribution in [0.1, 0.15) is 16.1 Å². The number of benzene rings is 2. The summed E-state index contributed by atoms with van der Waals surface area (Å²) in [5.74, 6) is 0.0442.